The van der Waals surface area contributed by atoms with Gasteiger partial charge in [-0.3, -0.25) is 4.79 Å². The van der Waals surface area contributed by atoms with Gasteiger partial charge in [-0.1, -0.05) is 35.7 Å². The molecular formula is C32H38FN5O4S2. The van der Waals surface area contributed by atoms with Gasteiger partial charge >= 0.3 is 5.97 Å². The predicted molar refractivity (Wildman–Crippen MR) is 169 cm³/mol. The minimum atomic E-state index is -1.43. The lowest BCUT2D eigenvalue weighted by molar-refractivity contribution is -0.174. The first-order chi connectivity index (χ1) is 21.0. The van der Waals surface area contributed by atoms with Crippen molar-refractivity contribution in [3.8, 4) is 0 Å². The largest absolute Gasteiger partial charge is 0.445 e. The van der Waals surface area contributed by atoms with E-state index in [4.69, 9.17) is 21.2 Å². The maximum Gasteiger partial charge on any atom is 0.352 e. The van der Waals surface area contributed by atoms with Crippen LogP contribution in [0.2, 0.25) is 0 Å². The molecule has 234 valence electrons. The van der Waals surface area contributed by atoms with E-state index in [0.29, 0.717) is 37.1 Å². The second kappa shape index (κ2) is 11.5. The quantitative estimate of drug-likeness (QED) is 0.295. The Morgan fingerprint density at radius 2 is 2.02 bits per heavy atom. The van der Waals surface area contributed by atoms with Crippen LogP contribution in [0.1, 0.15) is 67.7 Å². The monoisotopic (exact) mass is 639 g/mol. The van der Waals surface area contributed by atoms with Crippen molar-refractivity contribution in [3.05, 3.63) is 64.1 Å². The maximum atomic E-state index is 13.9. The van der Waals surface area contributed by atoms with E-state index in [2.05, 4.69) is 22.6 Å². The molecule has 0 saturated heterocycles. The van der Waals surface area contributed by atoms with Crippen molar-refractivity contribution in [2.45, 2.75) is 71.0 Å². The minimum absolute atomic E-state index is 0.0460. The number of rotatable bonds is 5. The SMILES string of the molecule is Cc1nnsc1C(=O)O[C@]1(C(=O)SCN)CCC2[C@@H]3CCC4=CC(=Nc5ccc(F)cc5)C(=CN)C[C@]4(C)C3C(O)C[C@@]21C. The van der Waals surface area contributed by atoms with Crippen LogP contribution < -0.4 is 11.5 Å². The van der Waals surface area contributed by atoms with Gasteiger partial charge in [0.2, 0.25) is 5.12 Å². The molecule has 44 heavy (non-hydrogen) atoms. The second-order valence-corrected chi connectivity index (χ2v) is 14.7. The van der Waals surface area contributed by atoms with E-state index >= 15 is 0 Å². The first-order valence-corrected chi connectivity index (χ1v) is 16.8. The Morgan fingerprint density at radius 1 is 1.27 bits per heavy atom. The maximum absolute atomic E-state index is 13.9. The number of aryl methyl sites for hydroxylation is 1. The number of ether oxygens (including phenoxy) is 1. The molecule has 0 spiro atoms. The Labute approximate surface area is 264 Å². The Bertz CT molecular complexity index is 1570. The van der Waals surface area contributed by atoms with Crippen LogP contribution in [0.3, 0.4) is 0 Å². The fraction of sp³-hybridized carbons (Fsp3) is 0.531. The molecule has 0 bridgehead atoms. The Balaban J connectivity index is 1.36. The zero-order valence-corrected chi connectivity index (χ0v) is 26.7. The minimum Gasteiger partial charge on any atom is -0.445 e. The predicted octanol–water partition coefficient (Wildman–Crippen LogP) is 5.22. The van der Waals surface area contributed by atoms with Gasteiger partial charge in [0.05, 0.1) is 23.2 Å². The second-order valence-electron chi connectivity index (χ2n) is 13.0. The van der Waals surface area contributed by atoms with Crippen molar-refractivity contribution < 1.29 is 23.8 Å². The molecule has 4 aliphatic rings. The molecule has 6 rings (SSSR count). The van der Waals surface area contributed by atoms with E-state index < -0.39 is 23.1 Å². The van der Waals surface area contributed by atoms with Crippen molar-refractivity contribution in [3.63, 3.8) is 0 Å². The molecule has 1 aromatic heterocycles. The highest BCUT2D eigenvalue weighted by Gasteiger charge is 2.70. The molecule has 3 unspecified atom stereocenters. The number of nitrogens with two attached hydrogens (primary N) is 2. The number of carbonyl (C=O) groups is 2. The summed E-state index contributed by atoms with van der Waals surface area (Å²) in [5.41, 5.74) is 13.3. The summed E-state index contributed by atoms with van der Waals surface area (Å²) in [6.45, 7) is 5.91. The third-order valence-corrected chi connectivity index (χ3v) is 12.5. The lowest BCUT2D eigenvalue weighted by Gasteiger charge is -2.60. The summed E-state index contributed by atoms with van der Waals surface area (Å²) in [6, 6.07) is 6.05. The van der Waals surface area contributed by atoms with Gasteiger partial charge in [-0.2, -0.15) is 0 Å². The average Bonchev–Trinajstić information content (AvgIpc) is 3.54. The lowest BCUT2D eigenvalue weighted by atomic mass is 9.45. The van der Waals surface area contributed by atoms with Crippen LogP contribution in [0.4, 0.5) is 10.1 Å². The topological polar surface area (TPSA) is 154 Å². The summed E-state index contributed by atoms with van der Waals surface area (Å²) in [7, 11) is 0. The van der Waals surface area contributed by atoms with Crippen LogP contribution in [-0.4, -0.2) is 49.1 Å². The fourth-order valence-corrected chi connectivity index (χ4v) is 10.2. The number of aliphatic hydroxyl groups is 1. The number of hydrogen-bond acceptors (Lipinski definition) is 11. The third-order valence-electron chi connectivity index (χ3n) is 10.9. The molecule has 12 heteroatoms. The number of aliphatic hydroxyl groups excluding tert-OH is 1. The highest BCUT2D eigenvalue weighted by Crippen LogP contribution is 2.69. The number of carbonyl (C=O) groups excluding carboxylic acids is 2. The molecule has 3 fully saturated rings. The van der Waals surface area contributed by atoms with E-state index in [1.54, 1.807) is 25.3 Å². The molecule has 0 amide bonds. The number of fused-ring (bicyclic) bond motifs is 5. The van der Waals surface area contributed by atoms with Gasteiger partial charge in [0.15, 0.2) is 10.5 Å². The van der Waals surface area contributed by atoms with Gasteiger partial charge in [-0.25, -0.2) is 14.2 Å². The smallest absolute Gasteiger partial charge is 0.352 e. The number of thioether (sulfide) groups is 1. The third kappa shape index (κ3) is 4.76. The normalized spacial score (nSPS) is 36.4. The molecule has 4 aliphatic carbocycles. The standard InChI is InChI=1S/C32H38FN5O4S2/c1-17-27(44-38-37-17)28(40)42-32(29(41)43-16-35)11-10-23-22-9-4-19-12-24(36-21-7-5-20(33)6-8-21)18(15-34)13-30(19,2)26(22)25(39)14-31(23,32)3/h5-8,12,15,22-23,25-26,39H,4,9-11,13-14,16,34-35H2,1-3H3/t22-,23?,25?,26?,30-,31-,32-/m0/s1. The molecule has 5 N–H and O–H groups in total. The fourth-order valence-electron chi connectivity index (χ4n) is 8.94. The van der Waals surface area contributed by atoms with E-state index in [1.807, 2.05) is 6.92 Å². The number of halogens is 1. The molecule has 3 saturated carbocycles. The Hall–Kier alpha value is -2.93. The number of hydrogen-bond donors (Lipinski definition) is 3. The summed E-state index contributed by atoms with van der Waals surface area (Å²) >= 11 is 1.92. The van der Waals surface area contributed by atoms with Crippen LogP contribution in [0.15, 0.2) is 52.7 Å². The Morgan fingerprint density at radius 3 is 2.68 bits per heavy atom. The van der Waals surface area contributed by atoms with E-state index in [9.17, 15) is 19.1 Å². The highest BCUT2D eigenvalue weighted by atomic mass is 32.2. The molecule has 1 heterocycles. The molecule has 9 nitrogen and oxygen atoms in total. The molecule has 7 atom stereocenters. The van der Waals surface area contributed by atoms with Gasteiger partial charge in [-0.05, 0) is 122 Å². The molecule has 1 aromatic carbocycles. The first kappa shape index (κ1) is 31.1. The summed E-state index contributed by atoms with van der Waals surface area (Å²) in [4.78, 5) is 32.4. The van der Waals surface area contributed by atoms with Gasteiger partial charge < -0.3 is 21.3 Å². The summed E-state index contributed by atoms with van der Waals surface area (Å²) < 4.78 is 23.6. The zero-order valence-electron chi connectivity index (χ0n) is 25.1. The molecular weight excluding hydrogens is 602 g/mol. The molecule has 2 aromatic rings. The average molecular weight is 640 g/mol. The number of benzene rings is 1. The number of aliphatic imine (C=N–C) groups is 1. The first-order valence-electron chi connectivity index (χ1n) is 15.0. The molecule has 0 aliphatic heterocycles. The van der Waals surface area contributed by atoms with Crippen LogP contribution in [-0.2, 0) is 9.53 Å². The van der Waals surface area contributed by atoms with Gasteiger partial charge in [0.1, 0.15) is 5.82 Å². The molecule has 0 radical (unpaired) electrons. The van der Waals surface area contributed by atoms with Crippen molar-refractivity contribution in [1.82, 2.24) is 9.59 Å². The van der Waals surface area contributed by atoms with Crippen molar-refractivity contribution >= 4 is 45.8 Å². The van der Waals surface area contributed by atoms with E-state index in [1.165, 1.54) is 17.7 Å². The van der Waals surface area contributed by atoms with Crippen molar-refractivity contribution in [1.29, 1.82) is 0 Å². The summed E-state index contributed by atoms with van der Waals surface area (Å²) in [5, 5.41) is 15.7. The highest BCUT2D eigenvalue weighted by molar-refractivity contribution is 8.13. The number of allylic oxidation sites excluding steroid dienone is 3. The van der Waals surface area contributed by atoms with Crippen LogP contribution in [0.25, 0.3) is 0 Å². The van der Waals surface area contributed by atoms with Gasteiger partial charge in [0, 0.05) is 11.3 Å². The lowest BCUT2D eigenvalue weighted by Crippen LogP contribution is -2.62. The van der Waals surface area contributed by atoms with Crippen LogP contribution >= 0.6 is 23.3 Å². The van der Waals surface area contributed by atoms with Gasteiger partial charge in [-0.15, -0.1) is 5.10 Å². The van der Waals surface area contributed by atoms with Gasteiger partial charge in [0.25, 0.3) is 0 Å². The van der Waals surface area contributed by atoms with Crippen molar-refractivity contribution in [2.24, 2.45) is 45.0 Å². The number of aromatic nitrogens is 2. The van der Waals surface area contributed by atoms with E-state index in [-0.39, 0.29) is 44.9 Å². The van der Waals surface area contributed by atoms with Crippen LogP contribution in [0.5, 0.6) is 0 Å². The number of esters is 1. The summed E-state index contributed by atoms with van der Waals surface area (Å²) in [5.74, 6) is -0.801. The zero-order chi connectivity index (χ0) is 31.4. The summed E-state index contributed by atoms with van der Waals surface area (Å²) in [6.07, 6.45) is 6.55. The van der Waals surface area contributed by atoms with Crippen molar-refractivity contribution in [2.75, 3.05) is 5.88 Å². The number of nitrogens with zero attached hydrogens (tertiary/aromatic N) is 3. The van der Waals surface area contributed by atoms with E-state index in [0.717, 1.165) is 47.4 Å². The van der Waals surface area contributed by atoms with Crippen LogP contribution in [0, 0.1) is 41.3 Å². The Kier molecular flexibility index (Phi) is 8.09.